The van der Waals surface area contributed by atoms with Crippen LogP contribution >= 0.6 is 24.0 Å². The maximum Gasteiger partial charge on any atom is 0.193 e. The first-order valence-electron chi connectivity index (χ1n) is 9.77. The van der Waals surface area contributed by atoms with E-state index in [1.54, 1.807) is 0 Å². The minimum Gasteiger partial charge on any atom is -0.381 e. The van der Waals surface area contributed by atoms with E-state index in [1.165, 1.54) is 12.8 Å². The smallest absolute Gasteiger partial charge is 0.193 e. The van der Waals surface area contributed by atoms with Gasteiger partial charge in [-0.2, -0.15) is 0 Å². The number of halogens is 1. The minimum atomic E-state index is 0. The Morgan fingerprint density at radius 3 is 2.50 bits per heavy atom. The summed E-state index contributed by atoms with van der Waals surface area (Å²) in [6, 6.07) is 0. The molecule has 0 aromatic rings. The van der Waals surface area contributed by atoms with Crippen LogP contribution in [-0.2, 0) is 9.47 Å². The summed E-state index contributed by atoms with van der Waals surface area (Å²) in [5.74, 6) is 1.03. The molecular formula is C19H37IN4O2. The van der Waals surface area contributed by atoms with Crippen molar-refractivity contribution in [2.24, 2.45) is 10.4 Å². The second kappa shape index (κ2) is 8.92. The van der Waals surface area contributed by atoms with Gasteiger partial charge in [0.1, 0.15) is 0 Å². The van der Waals surface area contributed by atoms with E-state index >= 15 is 0 Å². The van der Waals surface area contributed by atoms with Gasteiger partial charge in [-0.3, -0.25) is 9.89 Å². The summed E-state index contributed by atoms with van der Waals surface area (Å²) >= 11 is 0. The SMILES string of the molecule is CN=C(NCC(C)(C)N1CC(C)OC(C)C1)N1CCC2(CCOC2)C1.I. The Hall–Kier alpha value is -0.120. The zero-order valence-electron chi connectivity index (χ0n) is 17.1. The van der Waals surface area contributed by atoms with Crippen molar-refractivity contribution in [2.45, 2.75) is 58.3 Å². The number of hydrogen-bond donors (Lipinski definition) is 1. The first-order valence-corrected chi connectivity index (χ1v) is 9.77. The molecule has 3 atom stereocenters. The lowest BCUT2D eigenvalue weighted by molar-refractivity contribution is -0.0947. The molecule has 3 aliphatic rings. The van der Waals surface area contributed by atoms with Crippen molar-refractivity contribution < 1.29 is 9.47 Å². The minimum absolute atomic E-state index is 0. The van der Waals surface area contributed by atoms with E-state index in [2.05, 4.69) is 47.8 Å². The van der Waals surface area contributed by atoms with Crippen LogP contribution in [0.15, 0.2) is 4.99 Å². The van der Waals surface area contributed by atoms with Crippen LogP contribution in [0.5, 0.6) is 0 Å². The third kappa shape index (κ3) is 5.02. The van der Waals surface area contributed by atoms with Crippen LogP contribution in [0.4, 0.5) is 0 Å². The van der Waals surface area contributed by atoms with Gasteiger partial charge < -0.3 is 19.7 Å². The highest BCUT2D eigenvalue weighted by atomic mass is 127. The van der Waals surface area contributed by atoms with Crippen molar-refractivity contribution in [3.8, 4) is 0 Å². The van der Waals surface area contributed by atoms with Gasteiger partial charge in [0.2, 0.25) is 0 Å². The number of rotatable bonds is 3. The summed E-state index contributed by atoms with van der Waals surface area (Å²) in [5, 5.41) is 3.64. The Bertz CT molecular complexity index is 484. The Morgan fingerprint density at radius 1 is 1.23 bits per heavy atom. The molecule has 0 bridgehead atoms. The molecule has 3 saturated heterocycles. The lowest BCUT2D eigenvalue weighted by Crippen LogP contribution is -2.59. The Balaban J connectivity index is 0.00000243. The largest absolute Gasteiger partial charge is 0.381 e. The van der Waals surface area contributed by atoms with Crippen LogP contribution in [-0.4, -0.2) is 86.5 Å². The Morgan fingerprint density at radius 2 is 1.92 bits per heavy atom. The predicted octanol–water partition coefficient (Wildman–Crippen LogP) is 2.18. The number of ether oxygens (including phenoxy) is 2. The van der Waals surface area contributed by atoms with Crippen molar-refractivity contribution in [1.29, 1.82) is 0 Å². The summed E-state index contributed by atoms with van der Waals surface area (Å²) in [5.41, 5.74) is 0.429. The van der Waals surface area contributed by atoms with E-state index in [-0.39, 0.29) is 29.5 Å². The van der Waals surface area contributed by atoms with Crippen molar-refractivity contribution in [1.82, 2.24) is 15.1 Å². The first-order chi connectivity index (χ1) is 11.8. The molecular weight excluding hydrogens is 443 g/mol. The summed E-state index contributed by atoms with van der Waals surface area (Å²) in [6.07, 6.45) is 3.00. The summed E-state index contributed by atoms with van der Waals surface area (Å²) < 4.78 is 11.5. The van der Waals surface area contributed by atoms with E-state index in [0.29, 0.717) is 17.6 Å². The van der Waals surface area contributed by atoms with Crippen LogP contribution in [0.2, 0.25) is 0 Å². The van der Waals surface area contributed by atoms with Gasteiger partial charge >= 0.3 is 0 Å². The van der Waals surface area contributed by atoms with Crippen molar-refractivity contribution >= 4 is 29.9 Å². The third-order valence-electron chi connectivity index (χ3n) is 6.09. The molecule has 0 aromatic carbocycles. The van der Waals surface area contributed by atoms with Crippen molar-refractivity contribution in [3.05, 3.63) is 0 Å². The maximum atomic E-state index is 5.89. The van der Waals surface area contributed by atoms with E-state index in [9.17, 15) is 0 Å². The van der Waals surface area contributed by atoms with Gasteiger partial charge in [-0.1, -0.05) is 0 Å². The molecule has 0 radical (unpaired) electrons. The number of aliphatic imine (C=N–C) groups is 1. The lowest BCUT2D eigenvalue weighted by atomic mass is 9.87. The van der Waals surface area contributed by atoms with Gasteiger partial charge in [0.05, 0.1) is 18.8 Å². The zero-order valence-corrected chi connectivity index (χ0v) is 19.4. The zero-order chi connectivity index (χ0) is 18.1. The molecule has 0 aliphatic carbocycles. The van der Waals surface area contributed by atoms with Gasteiger partial charge in [0, 0.05) is 57.3 Å². The van der Waals surface area contributed by atoms with Gasteiger partial charge in [0.25, 0.3) is 0 Å². The fourth-order valence-corrected chi connectivity index (χ4v) is 4.50. The van der Waals surface area contributed by atoms with E-state index in [4.69, 9.17) is 9.47 Å². The molecule has 1 spiro atoms. The maximum absolute atomic E-state index is 5.89. The molecule has 152 valence electrons. The number of guanidine groups is 1. The van der Waals surface area contributed by atoms with Crippen LogP contribution in [0, 0.1) is 5.41 Å². The number of hydrogen-bond acceptors (Lipinski definition) is 4. The molecule has 3 unspecified atom stereocenters. The molecule has 0 saturated carbocycles. The number of morpholine rings is 1. The first kappa shape index (κ1) is 22.2. The lowest BCUT2D eigenvalue weighted by Gasteiger charge is -2.45. The second-order valence-corrected chi connectivity index (χ2v) is 8.85. The molecule has 0 amide bonds. The monoisotopic (exact) mass is 480 g/mol. The molecule has 6 nitrogen and oxygen atoms in total. The van der Waals surface area contributed by atoms with Gasteiger partial charge in [-0.05, 0) is 40.5 Å². The van der Waals surface area contributed by atoms with Crippen LogP contribution in [0.3, 0.4) is 0 Å². The van der Waals surface area contributed by atoms with Gasteiger partial charge in [0.15, 0.2) is 5.96 Å². The average Bonchev–Trinajstić information content (AvgIpc) is 3.18. The summed E-state index contributed by atoms with van der Waals surface area (Å²) in [4.78, 5) is 9.51. The molecule has 1 N–H and O–H groups in total. The average molecular weight is 480 g/mol. The van der Waals surface area contributed by atoms with Crippen molar-refractivity contribution in [3.63, 3.8) is 0 Å². The third-order valence-corrected chi connectivity index (χ3v) is 6.09. The molecule has 3 aliphatic heterocycles. The van der Waals surface area contributed by atoms with Crippen LogP contribution in [0.1, 0.15) is 40.5 Å². The standard InChI is InChI=1S/C19H36N4O2.HI/c1-15-10-23(11-16(2)25-15)18(3,4)12-21-17(20-5)22-8-6-19(13-22)7-9-24-14-19;/h15-16H,6-14H2,1-5H3,(H,20,21);1H. The van der Waals surface area contributed by atoms with E-state index < -0.39 is 0 Å². The highest BCUT2D eigenvalue weighted by Crippen LogP contribution is 2.38. The van der Waals surface area contributed by atoms with Gasteiger partial charge in [-0.25, -0.2) is 0 Å². The van der Waals surface area contributed by atoms with Crippen LogP contribution < -0.4 is 5.32 Å². The normalized spacial score (nSPS) is 33.6. The molecule has 3 fully saturated rings. The number of nitrogens with one attached hydrogen (secondary N) is 1. The second-order valence-electron chi connectivity index (χ2n) is 8.85. The fraction of sp³-hybridized carbons (Fsp3) is 0.947. The van der Waals surface area contributed by atoms with E-state index in [0.717, 1.165) is 51.9 Å². The summed E-state index contributed by atoms with van der Waals surface area (Å²) in [6.45, 7) is 15.8. The van der Waals surface area contributed by atoms with E-state index in [1.807, 2.05) is 7.05 Å². The van der Waals surface area contributed by atoms with Crippen LogP contribution in [0.25, 0.3) is 0 Å². The van der Waals surface area contributed by atoms with Crippen molar-refractivity contribution in [2.75, 3.05) is 53.0 Å². The Kier molecular flexibility index (Phi) is 7.61. The molecule has 7 heteroatoms. The predicted molar refractivity (Wildman–Crippen MR) is 116 cm³/mol. The molecule has 0 aromatic heterocycles. The number of nitrogens with zero attached hydrogens (tertiary/aromatic N) is 3. The topological polar surface area (TPSA) is 49.3 Å². The molecule has 26 heavy (non-hydrogen) atoms. The highest BCUT2D eigenvalue weighted by Gasteiger charge is 2.42. The molecule has 3 rings (SSSR count). The number of likely N-dealkylation sites (tertiary alicyclic amines) is 1. The fourth-order valence-electron chi connectivity index (χ4n) is 4.50. The summed E-state index contributed by atoms with van der Waals surface area (Å²) in [7, 11) is 1.89. The van der Waals surface area contributed by atoms with Gasteiger partial charge in [-0.15, -0.1) is 24.0 Å². The Labute approximate surface area is 176 Å². The quantitative estimate of drug-likeness (QED) is 0.381. The highest BCUT2D eigenvalue weighted by molar-refractivity contribution is 14.0. The molecule has 3 heterocycles.